The van der Waals surface area contributed by atoms with Crippen molar-refractivity contribution in [3.63, 3.8) is 0 Å². The second kappa shape index (κ2) is 14.2. The molecule has 8 nitrogen and oxygen atoms in total. The molecule has 0 aliphatic carbocycles. The molecule has 2 heterocycles. The summed E-state index contributed by atoms with van der Waals surface area (Å²) in [5.74, 6) is 2.09. The van der Waals surface area contributed by atoms with E-state index >= 15 is 0 Å². The third-order valence-corrected chi connectivity index (χ3v) is 7.70. The van der Waals surface area contributed by atoms with Gasteiger partial charge in [0, 0.05) is 28.4 Å². The molecule has 0 aliphatic heterocycles. The normalized spacial score (nSPS) is 11.7. The van der Waals surface area contributed by atoms with Crippen LogP contribution in [0.15, 0.2) is 95.4 Å². The van der Waals surface area contributed by atoms with Gasteiger partial charge in [-0.3, -0.25) is 0 Å². The molecule has 2 aromatic heterocycles. The topological polar surface area (TPSA) is 96.0 Å². The molecule has 0 saturated carbocycles. The van der Waals surface area contributed by atoms with E-state index < -0.39 is 12.1 Å². The Balaban J connectivity index is 0.00000240. The second-order valence-electron chi connectivity index (χ2n) is 10.6. The molecule has 0 unspecified atom stereocenters. The molecule has 0 aliphatic rings. The number of aromatic nitrogens is 2. The number of rotatable bonds is 12. The molecule has 0 radical (unpaired) electrons. The molecule has 0 amide bonds. The van der Waals surface area contributed by atoms with Crippen LogP contribution in [0.2, 0.25) is 0 Å². The summed E-state index contributed by atoms with van der Waals surface area (Å²) in [5, 5.41) is 11.6. The Labute approximate surface area is 285 Å². The van der Waals surface area contributed by atoms with Crippen molar-refractivity contribution in [2.75, 3.05) is 7.11 Å². The standard InChI is InChI=1S/C36H34N2O6.Na.H/c1-4-11-32(36(39)40)44-31-17-10-16-29-34(31)26-14-8-9-15-28(26)38(29)21-24-18-19-30(33(20-24)41-3)42-22-27-23(2)43-35(37-27)25-12-6-5-7-13-25;;/h5-10,12-20,32H,4,11,21-22H2,1-3H3,(H,39,40);;/q;+1;-1/t32-;;/m0../s1. The smallest absolute Gasteiger partial charge is 1.00 e. The van der Waals surface area contributed by atoms with Crippen molar-refractivity contribution < 1.29 is 59.5 Å². The van der Waals surface area contributed by atoms with Crippen molar-refractivity contribution in [2.24, 2.45) is 0 Å². The molecule has 6 aromatic rings. The maximum atomic E-state index is 11.9. The number of oxazole rings is 1. The maximum Gasteiger partial charge on any atom is 1.00 e. The van der Waals surface area contributed by atoms with E-state index in [9.17, 15) is 9.90 Å². The molecule has 226 valence electrons. The largest absolute Gasteiger partial charge is 1.00 e. The summed E-state index contributed by atoms with van der Waals surface area (Å²) in [4.78, 5) is 16.5. The fraction of sp³-hybridized carbons (Fsp3) is 0.222. The molecule has 0 bridgehead atoms. The Morgan fingerprint density at radius 2 is 1.71 bits per heavy atom. The van der Waals surface area contributed by atoms with E-state index in [1.165, 1.54) is 0 Å². The summed E-state index contributed by atoms with van der Waals surface area (Å²) in [6.45, 7) is 4.63. The second-order valence-corrected chi connectivity index (χ2v) is 10.6. The Morgan fingerprint density at radius 3 is 2.47 bits per heavy atom. The van der Waals surface area contributed by atoms with Crippen molar-refractivity contribution in [3.05, 3.63) is 108 Å². The van der Waals surface area contributed by atoms with E-state index in [1.807, 2.05) is 98.8 Å². The van der Waals surface area contributed by atoms with Gasteiger partial charge in [-0.1, -0.05) is 61.9 Å². The van der Waals surface area contributed by atoms with Crippen LogP contribution in [-0.2, 0) is 17.9 Å². The summed E-state index contributed by atoms with van der Waals surface area (Å²) in [5.41, 5.74) is 4.63. The maximum absolute atomic E-state index is 11.9. The van der Waals surface area contributed by atoms with Crippen LogP contribution < -0.4 is 43.8 Å². The number of methoxy groups -OCH3 is 1. The van der Waals surface area contributed by atoms with Gasteiger partial charge in [-0.05, 0) is 61.4 Å². The van der Waals surface area contributed by atoms with Crippen molar-refractivity contribution in [1.82, 2.24) is 9.55 Å². The molecular weight excluding hydrogens is 579 g/mol. The van der Waals surface area contributed by atoms with Crippen LogP contribution in [0.25, 0.3) is 33.3 Å². The first-order valence-corrected chi connectivity index (χ1v) is 14.7. The minimum absolute atomic E-state index is 0. The number of aliphatic carboxylic acids is 1. The molecule has 0 fully saturated rings. The van der Waals surface area contributed by atoms with Crippen molar-refractivity contribution in [1.29, 1.82) is 0 Å². The van der Waals surface area contributed by atoms with Gasteiger partial charge in [0.25, 0.3) is 0 Å². The number of carboxylic acid groups (broad SMARTS) is 1. The first kappa shape index (κ1) is 32.2. The van der Waals surface area contributed by atoms with E-state index in [4.69, 9.17) is 18.6 Å². The number of fused-ring (bicyclic) bond motifs is 3. The molecule has 6 rings (SSSR count). The van der Waals surface area contributed by atoms with Crippen LogP contribution in [0.4, 0.5) is 0 Å². The third-order valence-electron chi connectivity index (χ3n) is 7.70. The van der Waals surface area contributed by atoms with Gasteiger partial charge in [-0.2, -0.15) is 0 Å². The van der Waals surface area contributed by atoms with E-state index in [0.29, 0.717) is 48.3 Å². The van der Waals surface area contributed by atoms with Gasteiger partial charge in [-0.15, -0.1) is 0 Å². The molecule has 1 atom stereocenters. The third kappa shape index (κ3) is 6.73. The van der Waals surface area contributed by atoms with Crippen LogP contribution in [0.3, 0.4) is 0 Å². The Morgan fingerprint density at radius 1 is 0.956 bits per heavy atom. The predicted octanol–water partition coefficient (Wildman–Crippen LogP) is 5.14. The first-order valence-electron chi connectivity index (χ1n) is 14.7. The summed E-state index contributed by atoms with van der Waals surface area (Å²) < 4.78 is 26.1. The van der Waals surface area contributed by atoms with Gasteiger partial charge in [-0.25, -0.2) is 9.78 Å². The van der Waals surface area contributed by atoms with Gasteiger partial charge in [0.2, 0.25) is 5.89 Å². The van der Waals surface area contributed by atoms with E-state index in [-0.39, 0.29) is 37.6 Å². The number of hydrogen-bond donors (Lipinski definition) is 1. The number of benzene rings is 4. The molecule has 9 heteroatoms. The molecule has 1 N–H and O–H groups in total. The number of para-hydroxylation sites is 1. The number of ether oxygens (including phenoxy) is 3. The van der Waals surface area contributed by atoms with Crippen molar-refractivity contribution >= 4 is 27.8 Å². The molecule has 4 aromatic carbocycles. The molecule has 45 heavy (non-hydrogen) atoms. The van der Waals surface area contributed by atoms with E-state index in [0.717, 1.165) is 38.6 Å². The molecular formula is C36H35N2NaO6. The Hall–Kier alpha value is -4.24. The number of carboxylic acids is 1. The van der Waals surface area contributed by atoms with Gasteiger partial charge < -0.3 is 29.7 Å². The van der Waals surface area contributed by atoms with Crippen molar-refractivity contribution in [2.45, 2.75) is 45.9 Å². The summed E-state index contributed by atoms with van der Waals surface area (Å²) in [6, 6.07) is 29.6. The number of hydrogen-bond acceptors (Lipinski definition) is 6. The minimum atomic E-state index is -0.961. The average molecular weight is 615 g/mol. The Kier molecular flexibility index (Phi) is 10.2. The number of nitrogens with zero attached hydrogens (tertiary/aromatic N) is 2. The SMILES string of the molecule is CCC[C@H](Oc1cccc2c1c1ccccc1n2Cc1ccc(OCc2nc(-c3ccccc3)oc2C)c(OC)c1)C(=O)O.[H-].[Na+]. The van der Waals surface area contributed by atoms with Crippen LogP contribution in [-0.4, -0.2) is 33.8 Å². The van der Waals surface area contributed by atoms with E-state index in [1.54, 1.807) is 7.11 Å². The zero-order valence-corrected chi connectivity index (χ0v) is 27.9. The monoisotopic (exact) mass is 614 g/mol. The quantitative estimate of drug-likeness (QED) is 0.191. The molecule has 0 spiro atoms. The van der Waals surface area contributed by atoms with Crippen LogP contribution >= 0.6 is 0 Å². The van der Waals surface area contributed by atoms with Gasteiger partial charge in [0.1, 0.15) is 23.8 Å². The van der Waals surface area contributed by atoms with Crippen LogP contribution in [0.5, 0.6) is 17.2 Å². The summed E-state index contributed by atoms with van der Waals surface area (Å²) in [6.07, 6.45) is 0.238. The fourth-order valence-corrected chi connectivity index (χ4v) is 5.51. The first-order chi connectivity index (χ1) is 21.5. The van der Waals surface area contributed by atoms with Gasteiger partial charge in [0.05, 0.1) is 12.6 Å². The van der Waals surface area contributed by atoms with Crippen LogP contribution in [0.1, 0.15) is 38.2 Å². The summed E-state index contributed by atoms with van der Waals surface area (Å²) >= 11 is 0. The zero-order chi connectivity index (χ0) is 30.6. The van der Waals surface area contributed by atoms with Crippen LogP contribution in [0, 0.1) is 6.92 Å². The van der Waals surface area contributed by atoms with Gasteiger partial charge >= 0.3 is 35.5 Å². The predicted molar refractivity (Wildman–Crippen MR) is 171 cm³/mol. The zero-order valence-electron chi connectivity index (χ0n) is 26.9. The van der Waals surface area contributed by atoms with E-state index in [2.05, 4.69) is 15.6 Å². The number of aryl methyl sites for hydroxylation is 1. The fourth-order valence-electron chi connectivity index (χ4n) is 5.51. The number of carbonyl (C=O) groups is 1. The molecule has 0 saturated heterocycles. The Bertz CT molecular complexity index is 1940. The summed E-state index contributed by atoms with van der Waals surface area (Å²) in [7, 11) is 1.63. The average Bonchev–Trinajstić information content (AvgIpc) is 3.58. The van der Waals surface area contributed by atoms with Gasteiger partial charge in [0.15, 0.2) is 17.6 Å². The minimum Gasteiger partial charge on any atom is -1.00 e. The van der Waals surface area contributed by atoms with Crippen molar-refractivity contribution in [3.8, 4) is 28.7 Å².